The van der Waals surface area contributed by atoms with Crippen LogP contribution in [-0.4, -0.2) is 49.8 Å². The smallest absolute Gasteiger partial charge is 0.233 e. The Hall–Kier alpha value is -3.40. The second kappa shape index (κ2) is 8.67. The van der Waals surface area contributed by atoms with Crippen LogP contribution in [0, 0.1) is 11.6 Å². The quantitative estimate of drug-likeness (QED) is 0.550. The number of nitrogens with zero attached hydrogens (tertiary/aromatic N) is 4. The molecule has 1 aromatic carbocycles. The number of nitrogens with one attached hydrogen (secondary N) is 1. The van der Waals surface area contributed by atoms with Crippen LogP contribution in [0.3, 0.4) is 0 Å². The van der Waals surface area contributed by atoms with Gasteiger partial charge in [-0.1, -0.05) is 0 Å². The molecule has 0 spiro atoms. The third kappa shape index (κ3) is 4.50. The molecule has 2 N–H and O–H groups in total. The predicted octanol–water partition coefficient (Wildman–Crippen LogP) is 4.43. The largest absolute Gasteiger partial charge is 0.507 e. The molecule has 2 bridgehead atoms. The molecule has 0 radical (unpaired) electrons. The van der Waals surface area contributed by atoms with Crippen LogP contribution in [0.5, 0.6) is 17.5 Å². The van der Waals surface area contributed by atoms with Crippen molar-refractivity contribution in [3.8, 4) is 39.9 Å². The van der Waals surface area contributed by atoms with Crippen molar-refractivity contribution in [3.05, 3.63) is 42.1 Å². The lowest BCUT2D eigenvalue weighted by Gasteiger charge is -2.53. The molecule has 2 fully saturated rings. The van der Waals surface area contributed by atoms with Gasteiger partial charge in [-0.2, -0.15) is 5.10 Å². The number of phenols is 1. The van der Waals surface area contributed by atoms with Gasteiger partial charge in [-0.15, -0.1) is 15.3 Å². The normalized spacial score (nSPS) is 25.8. The van der Waals surface area contributed by atoms with Crippen molar-refractivity contribution in [1.82, 2.24) is 25.7 Å². The summed E-state index contributed by atoms with van der Waals surface area (Å²) in [4.78, 5) is 0. The summed E-state index contributed by atoms with van der Waals surface area (Å²) < 4.78 is 41.1. The number of fused-ring (bicyclic) bond motifs is 2. The van der Waals surface area contributed by atoms with Gasteiger partial charge in [0.15, 0.2) is 11.6 Å². The molecule has 4 heterocycles. The van der Waals surface area contributed by atoms with Gasteiger partial charge in [-0.3, -0.25) is 0 Å². The fraction of sp³-hybridized carbons (Fsp3) is 0.440. The van der Waals surface area contributed by atoms with Gasteiger partial charge in [-0.05, 0) is 45.2 Å². The minimum atomic E-state index is -1.24. The average Bonchev–Trinajstić information content (AvgIpc) is 2.81. The number of hydrogen-bond acceptors (Lipinski definition) is 8. The zero-order chi connectivity index (χ0) is 24.8. The average molecular weight is 484 g/mol. The molecule has 184 valence electrons. The van der Waals surface area contributed by atoms with Crippen LogP contribution in [-0.2, 0) is 0 Å². The number of aromatic hydroxyl groups is 1. The molecule has 2 saturated heterocycles. The molecule has 8 nitrogen and oxygen atoms in total. The maximum atomic E-state index is 15.1. The topological polar surface area (TPSA) is 102 Å². The van der Waals surface area contributed by atoms with E-state index in [0.29, 0.717) is 5.88 Å². The Balaban J connectivity index is 1.39. The number of hydrogen-bond donors (Lipinski definition) is 2. The summed E-state index contributed by atoms with van der Waals surface area (Å²) in [5.41, 5.74) is -0.320. The van der Waals surface area contributed by atoms with E-state index in [0.717, 1.165) is 31.7 Å². The lowest BCUT2D eigenvalue weighted by Crippen LogP contribution is -2.65. The summed E-state index contributed by atoms with van der Waals surface area (Å²) in [5.74, 6) is -2.45. The molecule has 0 aliphatic carbocycles. The molecule has 0 amide bonds. The van der Waals surface area contributed by atoms with Crippen molar-refractivity contribution in [1.29, 1.82) is 0 Å². The number of halogens is 2. The Kier molecular flexibility index (Phi) is 5.79. The second-order valence-electron chi connectivity index (χ2n) is 9.94. The first-order chi connectivity index (χ1) is 16.7. The second-order valence-corrected chi connectivity index (χ2v) is 9.94. The number of phenolic OH excluding ortho intramolecular Hbond substituents is 1. The van der Waals surface area contributed by atoms with Crippen molar-refractivity contribution in [2.45, 2.75) is 63.1 Å². The summed E-state index contributed by atoms with van der Waals surface area (Å²) in [7, 11) is 1.38. The van der Waals surface area contributed by atoms with Crippen molar-refractivity contribution in [3.63, 3.8) is 0 Å². The molecule has 35 heavy (non-hydrogen) atoms. The van der Waals surface area contributed by atoms with Crippen molar-refractivity contribution in [2.24, 2.45) is 0 Å². The van der Waals surface area contributed by atoms with Crippen LogP contribution in [0.1, 0.15) is 46.0 Å². The number of rotatable bonds is 5. The van der Waals surface area contributed by atoms with Crippen LogP contribution in [0.4, 0.5) is 8.78 Å². The number of aromatic nitrogens is 4. The molecular weight excluding hydrogens is 456 g/mol. The highest BCUT2D eigenvalue weighted by Crippen LogP contribution is 2.41. The Morgan fingerprint density at radius 2 is 1.74 bits per heavy atom. The van der Waals surface area contributed by atoms with Gasteiger partial charge in [-0.25, -0.2) is 8.78 Å². The Morgan fingerprint density at radius 3 is 2.40 bits per heavy atom. The van der Waals surface area contributed by atoms with Crippen molar-refractivity contribution in [2.75, 3.05) is 7.11 Å². The van der Waals surface area contributed by atoms with Gasteiger partial charge in [0, 0.05) is 47.2 Å². The third-order valence-electron chi connectivity index (χ3n) is 6.94. The van der Waals surface area contributed by atoms with Crippen molar-refractivity contribution < 1.29 is 23.4 Å². The molecule has 1 unspecified atom stereocenters. The fourth-order valence-corrected chi connectivity index (χ4v) is 5.54. The monoisotopic (exact) mass is 483 g/mol. The molecule has 2 aromatic heterocycles. The predicted molar refractivity (Wildman–Crippen MR) is 124 cm³/mol. The van der Waals surface area contributed by atoms with Crippen LogP contribution in [0.25, 0.3) is 22.4 Å². The minimum Gasteiger partial charge on any atom is -0.507 e. The van der Waals surface area contributed by atoms with Gasteiger partial charge in [0.2, 0.25) is 11.8 Å². The van der Waals surface area contributed by atoms with E-state index in [1.807, 2.05) is 0 Å². The zero-order valence-corrected chi connectivity index (χ0v) is 19.8. The third-order valence-corrected chi connectivity index (χ3v) is 6.94. The number of methoxy groups -OCH3 is 1. The van der Waals surface area contributed by atoms with E-state index in [9.17, 15) is 9.50 Å². The van der Waals surface area contributed by atoms with Crippen LogP contribution in [0.2, 0.25) is 0 Å². The van der Waals surface area contributed by atoms with E-state index >= 15 is 4.39 Å². The summed E-state index contributed by atoms with van der Waals surface area (Å²) in [6.07, 6.45) is 6.30. The Bertz CT molecular complexity index is 1240. The van der Waals surface area contributed by atoms with E-state index in [-0.39, 0.29) is 45.4 Å². The lowest BCUT2D eigenvalue weighted by atomic mass is 9.70. The van der Waals surface area contributed by atoms with Gasteiger partial charge in [0.05, 0.1) is 18.9 Å². The SMILES string of the molecule is COc1cc(-c2cc(O)c(-c3ccc(OC4C[C@]5(C)CCC[C@](C)(C4)N5)nn3)c(F)c2F)cnn1. The molecule has 2 aliphatic heterocycles. The molecule has 2 aliphatic rings. The fourth-order valence-electron chi connectivity index (χ4n) is 5.54. The Labute approximate surface area is 201 Å². The first kappa shape index (κ1) is 23.3. The lowest BCUT2D eigenvalue weighted by molar-refractivity contribution is 0.00726. The minimum absolute atomic E-state index is 0.00987. The highest BCUT2D eigenvalue weighted by molar-refractivity contribution is 5.75. The van der Waals surface area contributed by atoms with Gasteiger partial charge >= 0.3 is 0 Å². The first-order valence-corrected chi connectivity index (χ1v) is 11.6. The molecule has 10 heteroatoms. The van der Waals surface area contributed by atoms with Gasteiger partial charge in [0.25, 0.3) is 0 Å². The molecule has 0 saturated carbocycles. The van der Waals surface area contributed by atoms with Gasteiger partial charge < -0.3 is 19.9 Å². The number of piperidine rings is 2. The molecule has 3 aromatic rings. The van der Waals surface area contributed by atoms with Crippen LogP contribution >= 0.6 is 0 Å². The van der Waals surface area contributed by atoms with E-state index in [1.54, 1.807) is 6.07 Å². The molecule has 5 rings (SSSR count). The maximum absolute atomic E-state index is 15.1. The van der Waals surface area contributed by atoms with E-state index < -0.39 is 17.4 Å². The summed E-state index contributed by atoms with van der Waals surface area (Å²) in [6.45, 7) is 4.44. The van der Waals surface area contributed by atoms with E-state index in [1.165, 1.54) is 31.9 Å². The Morgan fingerprint density at radius 1 is 1.00 bits per heavy atom. The highest BCUT2D eigenvalue weighted by atomic mass is 19.2. The first-order valence-electron chi connectivity index (χ1n) is 11.6. The van der Waals surface area contributed by atoms with E-state index in [4.69, 9.17) is 9.47 Å². The van der Waals surface area contributed by atoms with Crippen LogP contribution in [0.15, 0.2) is 30.5 Å². The molecular formula is C25H27F2N5O3. The maximum Gasteiger partial charge on any atom is 0.233 e. The standard InChI is InChI=1S/C25H27F2N5O3/c1-24-7-4-8-25(2,32-24)12-15(11-24)35-19-6-5-17(29-31-19)21-18(33)10-16(22(26)23(21)27)14-9-20(34-3)30-28-13-14/h5-6,9-10,13,15,32-33H,4,7-8,11-12H2,1-3H3/t15?,24-,25+. The summed E-state index contributed by atoms with van der Waals surface area (Å²) in [6, 6.07) is 5.53. The number of benzene rings is 1. The summed E-state index contributed by atoms with van der Waals surface area (Å²) >= 11 is 0. The van der Waals surface area contributed by atoms with Gasteiger partial charge in [0.1, 0.15) is 17.5 Å². The van der Waals surface area contributed by atoms with Crippen LogP contribution < -0.4 is 14.8 Å². The summed E-state index contributed by atoms with van der Waals surface area (Å²) in [5, 5.41) is 29.8. The highest BCUT2D eigenvalue weighted by Gasteiger charge is 2.46. The van der Waals surface area contributed by atoms with Crippen molar-refractivity contribution >= 4 is 0 Å². The molecule has 3 atom stereocenters. The van der Waals surface area contributed by atoms with E-state index in [2.05, 4.69) is 39.6 Å². The number of ether oxygens (including phenoxy) is 2. The zero-order valence-electron chi connectivity index (χ0n) is 19.8.